The van der Waals surface area contributed by atoms with Crippen molar-refractivity contribution in [1.82, 2.24) is 24.3 Å². The Balaban J connectivity index is 2.41. The fourth-order valence-electron chi connectivity index (χ4n) is 2.26. The maximum absolute atomic E-state index is 9.03. The number of hydrogen-bond acceptors (Lipinski definition) is 4. The van der Waals surface area contributed by atoms with Gasteiger partial charge in [0.2, 0.25) is 0 Å². The molecule has 0 aliphatic carbocycles. The average molecular weight is 277 g/mol. The summed E-state index contributed by atoms with van der Waals surface area (Å²) in [5, 5.41) is 13.6. The Bertz CT molecular complexity index is 551. The van der Waals surface area contributed by atoms with E-state index in [-0.39, 0.29) is 6.61 Å². The lowest BCUT2D eigenvalue weighted by Crippen LogP contribution is -2.07. The van der Waals surface area contributed by atoms with Gasteiger partial charge in [0.1, 0.15) is 5.69 Å². The lowest BCUT2D eigenvalue weighted by molar-refractivity contribution is 0.277. The van der Waals surface area contributed by atoms with Crippen molar-refractivity contribution in [3.05, 3.63) is 17.8 Å². The van der Waals surface area contributed by atoms with E-state index in [1.807, 2.05) is 23.2 Å². The molecule has 0 amide bonds. The van der Waals surface area contributed by atoms with Crippen LogP contribution in [0.2, 0.25) is 0 Å². The molecular formula is C14H23N5O. The quantitative estimate of drug-likeness (QED) is 0.870. The minimum absolute atomic E-state index is 0.156. The fraction of sp³-hybridized carbons (Fsp3) is 0.643. The summed E-state index contributed by atoms with van der Waals surface area (Å²) in [4.78, 5) is 8.99. The number of rotatable bonds is 6. The van der Waals surface area contributed by atoms with Crippen LogP contribution in [0.3, 0.4) is 0 Å². The minimum atomic E-state index is 0.156. The first kappa shape index (κ1) is 14.7. The molecule has 0 atom stereocenters. The largest absolute Gasteiger partial charge is 0.396 e. The lowest BCUT2D eigenvalue weighted by atomic mass is 10.1. The second-order valence-corrected chi connectivity index (χ2v) is 5.54. The molecule has 110 valence electrons. The Hall–Kier alpha value is -1.69. The van der Waals surface area contributed by atoms with Crippen LogP contribution in [0.15, 0.2) is 6.33 Å². The predicted octanol–water partition coefficient (Wildman–Crippen LogP) is 1.57. The van der Waals surface area contributed by atoms with Gasteiger partial charge in [0.15, 0.2) is 11.6 Å². The average Bonchev–Trinajstić information content (AvgIpc) is 2.90. The van der Waals surface area contributed by atoms with Crippen LogP contribution in [0.4, 0.5) is 0 Å². The number of hydrogen-bond donors (Lipinski definition) is 1. The molecule has 20 heavy (non-hydrogen) atoms. The zero-order valence-electron chi connectivity index (χ0n) is 12.7. The zero-order valence-corrected chi connectivity index (χ0v) is 12.7. The molecule has 0 bridgehead atoms. The summed E-state index contributed by atoms with van der Waals surface area (Å²) in [5.74, 6) is 2.21. The van der Waals surface area contributed by atoms with E-state index in [9.17, 15) is 0 Å². The second-order valence-electron chi connectivity index (χ2n) is 5.54. The minimum Gasteiger partial charge on any atom is -0.396 e. The van der Waals surface area contributed by atoms with Crippen molar-refractivity contribution in [2.45, 2.75) is 40.2 Å². The topological polar surface area (TPSA) is 68.8 Å². The van der Waals surface area contributed by atoms with E-state index in [0.29, 0.717) is 18.9 Å². The van der Waals surface area contributed by atoms with Gasteiger partial charge in [-0.25, -0.2) is 14.6 Å². The van der Waals surface area contributed by atoms with Crippen molar-refractivity contribution in [2.75, 3.05) is 6.61 Å². The van der Waals surface area contributed by atoms with Gasteiger partial charge in [-0.2, -0.15) is 5.10 Å². The Morgan fingerprint density at radius 2 is 2.10 bits per heavy atom. The first-order valence-electron chi connectivity index (χ1n) is 7.05. The fourth-order valence-corrected chi connectivity index (χ4v) is 2.26. The predicted molar refractivity (Wildman–Crippen MR) is 77.2 cm³/mol. The molecule has 0 spiro atoms. The highest BCUT2D eigenvalue weighted by Crippen LogP contribution is 2.21. The van der Waals surface area contributed by atoms with E-state index >= 15 is 0 Å². The van der Waals surface area contributed by atoms with Crippen LogP contribution in [0, 0.1) is 12.8 Å². The second kappa shape index (κ2) is 6.17. The van der Waals surface area contributed by atoms with E-state index in [1.54, 1.807) is 6.33 Å². The zero-order chi connectivity index (χ0) is 14.7. The first-order chi connectivity index (χ1) is 9.52. The van der Waals surface area contributed by atoms with E-state index in [0.717, 1.165) is 29.5 Å². The van der Waals surface area contributed by atoms with Gasteiger partial charge in [-0.05, 0) is 19.3 Å². The summed E-state index contributed by atoms with van der Waals surface area (Å²) in [6.45, 7) is 7.11. The van der Waals surface area contributed by atoms with Crippen molar-refractivity contribution in [3.8, 4) is 11.5 Å². The van der Waals surface area contributed by atoms with Gasteiger partial charge in [-0.15, -0.1) is 0 Å². The van der Waals surface area contributed by atoms with E-state index in [2.05, 4.69) is 28.9 Å². The summed E-state index contributed by atoms with van der Waals surface area (Å²) in [6, 6.07) is 0. The normalized spacial score (nSPS) is 11.5. The molecule has 2 heterocycles. The highest BCUT2D eigenvalue weighted by Gasteiger charge is 2.17. The molecule has 0 saturated heterocycles. The molecular weight excluding hydrogens is 254 g/mol. The molecule has 0 radical (unpaired) electrons. The summed E-state index contributed by atoms with van der Waals surface area (Å²) in [7, 11) is 1.96. The molecule has 0 unspecified atom stereocenters. The monoisotopic (exact) mass is 277 g/mol. The van der Waals surface area contributed by atoms with Crippen LogP contribution in [-0.4, -0.2) is 36.0 Å². The highest BCUT2D eigenvalue weighted by atomic mass is 16.3. The van der Waals surface area contributed by atoms with Gasteiger partial charge in [0.25, 0.3) is 0 Å². The Labute approximate surface area is 119 Å². The molecule has 2 aromatic rings. The van der Waals surface area contributed by atoms with Crippen LogP contribution in [0.25, 0.3) is 11.5 Å². The van der Waals surface area contributed by atoms with Gasteiger partial charge >= 0.3 is 0 Å². The first-order valence-corrected chi connectivity index (χ1v) is 7.05. The summed E-state index contributed by atoms with van der Waals surface area (Å²) >= 11 is 0. The van der Waals surface area contributed by atoms with Crippen molar-refractivity contribution < 1.29 is 5.11 Å². The molecule has 0 saturated carbocycles. The van der Waals surface area contributed by atoms with E-state index in [4.69, 9.17) is 5.11 Å². The standard InChI is InChI=1S/C14H23N5O/c1-10(2)8-12-16-14(19(17-12)6-5-7-20)13-11(3)15-9-18(13)4/h9-10,20H,5-8H2,1-4H3. The molecule has 6 heteroatoms. The molecule has 0 aliphatic rings. The van der Waals surface area contributed by atoms with Gasteiger partial charge in [-0.1, -0.05) is 13.8 Å². The summed E-state index contributed by atoms with van der Waals surface area (Å²) < 4.78 is 3.85. The van der Waals surface area contributed by atoms with Crippen LogP contribution in [0.5, 0.6) is 0 Å². The highest BCUT2D eigenvalue weighted by molar-refractivity contribution is 5.53. The Morgan fingerprint density at radius 3 is 2.65 bits per heavy atom. The van der Waals surface area contributed by atoms with Gasteiger partial charge in [0.05, 0.1) is 12.0 Å². The number of aromatic nitrogens is 5. The Morgan fingerprint density at radius 1 is 1.35 bits per heavy atom. The molecule has 0 fully saturated rings. The van der Waals surface area contributed by atoms with Gasteiger partial charge in [-0.3, -0.25) is 0 Å². The van der Waals surface area contributed by atoms with Crippen molar-refractivity contribution in [2.24, 2.45) is 13.0 Å². The third kappa shape index (κ3) is 3.07. The van der Waals surface area contributed by atoms with Crippen LogP contribution < -0.4 is 0 Å². The summed E-state index contributed by atoms with van der Waals surface area (Å²) in [6.07, 6.45) is 3.32. The number of nitrogens with zero attached hydrogens (tertiary/aromatic N) is 5. The molecule has 2 aromatic heterocycles. The molecule has 0 aromatic carbocycles. The number of aryl methyl sites for hydroxylation is 3. The van der Waals surface area contributed by atoms with Crippen molar-refractivity contribution in [1.29, 1.82) is 0 Å². The van der Waals surface area contributed by atoms with Crippen LogP contribution in [-0.2, 0) is 20.0 Å². The maximum Gasteiger partial charge on any atom is 0.176 e. The number of aliphatic hydroxyl groups excluding tert-OH is 1. The third-order valence-electron chi connectivity index (χ3n) is 3.17. The molecule has 2 rings (SSSR count). The van der Waals surface area contributed by atoms with Gasteiger partial charge < -0.3 is 9.67 Å². The number of imidazole rings is 1. The third-order valence-corrected chi connectivity index (χ3v) is 3.17. The lowest BCUT2D eigenvalue weighted by Gasteiger charge is -2.06. The van der Waals surface area contributed by atoms with E-state index in [1.165, 1.54) is 0 Å². The van der Waals surface area contributed by atoms with E-state index < -0.39 is 0 Å². The SMILES string of the molecule is Cc1ncn(C)c1-c1nc(CC(C)C)nn1CCCO. The van der Waals surface area contributed by atoms with Crippen molar-refractivity contribution in [3.63, 3.8) is 0 Å². The van der Waals surface area contributed by atoms with Crippen LogP contribution >= 0.6 is 0 Å². The van der Waals surface area contributed by atoms with Crippen molar-refractivity contribution >= 4 is 0 Å². The summed E-state index contributed by atoms with van der Waals surface area (Å²) in [5.41, 5.74) is 1.94. The maximum atomic E-state index is 9.03. The molecule has 6 nitrogen and oxygen atoms in total. The van der Waals surface area contributed by atoms with Gasteiger partial charge in [0, 0.05) is 26.6 Å². The smallest absolute Gasteiger partial charge is 0.176 e. The Kier molecular flexibility index (Phi) is 4.54. The van der Waals surface area contributed by atoms with Crippen LogP contribution in [0.1, 0.15) is 31.8 Å². The number of aliphatic hydroxyl groups is 1. The molecule has 0 aliphatic heterocycles. The molecule has 1 N–H and O–H groups in total.